The lowest BCUT2D eigenvalue weighted by molar-refractivity contribution is -0.138. The number of nitrogens with zero attached hydrogens (tertiary/aromatic N) is 6. The number of amides is 6. The minimum absolute atomic E-state index is 0.00722. The third-order valence-electron chi connectivity index (χ3n) is 26.9. The van der Waals surface area contributed by atoms with E-state index in [2.05, 4.69) is 114 Å². The highest BCUT2D eigenvalue weighted by Crippen LogP contribution is 2.60. The molecule has 4 saturated carbocycles. The number of rotatable bonds is 31. The van der Waals surface area contributed by atoms with Gasteiger partial charge in [0.05, 0.1) is 18.1 Å². The van der Waals surface area contributed by atoms with E-state index < -0.39 is 12.1 Å². The first-order valence-corrected chi connectivity index (χ1v) is 46.0. The molecule has 670 valence electrons. The van der Waals surface area contributed by atoms with Crippen molar-refractivity contribution in [1.82, 2.24) is 46.6 Å². The summed E-state index contributed by atoms with van der Waals surface area (Å²) in [7, 11) is 0. The van der Waals surface area contributed by atoms with E-state index in [0.29, 0.717) is 119 Å². The van der Waals surface area contributed by atoms with Crippen LogP contribution in [0.2, 0.25) is 0 Å². The van der Waals surface area contributed by atoms with Gasteiger partial charge < -0.3 is 81.0 Å². The monoisotopic (exact) mass is 1730 g/mol. The summed E-state index contributed by atoms with van der Waals surface area (Å²) in [5.41, 5.74) is 40.0. The van der Waals surface area contributed by atoms with E-state index in [-0.39, 0.29) is 101 Å². The molecular formula is C104H128N18O6. The molecular weight excluding hydrogens is 1600 g/mol. The van der Waals surface area contributed by atoms with Crippen LogP contribution in [0.1, 0.15) is 175 Å². The van der Waals surface area contributed by atoms with Crippen LogP contribution in [0.25, 0.3) is 32.3 Å². The molecule has 4 aliphatic carbocycles. The standard InChI is InChI=1S/2C36H42N6O2.C32H44N6O2/c2*1-25(33(27-12-4-2-5-13-27)28-14-6-3-7-15-28)42-22-20-31(41-32(35(42)44)17-10-21-39-36(37)38)24-40-34(43)30-19-18-26-11-8-9-16-29(26)23-30;33-31(34)35-10-3-6-28-30(40)38(20-32-16-21-12-22(17-32)14-23(13-21)18-32)11-9-27(37-28)19-36-29(39)26-8-7-24-4-1-2-5-25(24)15-26/h2*2-9,11-16,18-19,23,25,31-33,41H,10,17,20-22,24H2,1H3,(H,40,43)(H4,37,38,39);1-2,4-5,7-8,15,21-23,27-28,37H,3,6,9-14,16-20H2,(H,36,39)(H4,33,34,35)/t25-,31+,32+;25-,31-,32-;21?,22?,23?,27-,28-,32?/m100/s1. The average molecular weight is 1730 g/mol. The largest absolute Gasteiger partial charge is 0.370 e. The predicted molar refractivity (Wildman–Crippen MR) is 514 cm³/mol. The Labute approximate surface area is 752 Å². The molecule has 0 radical (unpaired) electrons. The molecule has 18 N–H and O–H groups in total. The van der Waals surface area contributed by atoms with Gasteiger partial charge in [-0.05, 0) is 224 Å². The lowest BCUT2D eigenvalue weighted by Crippen LogP contribution is -2.54. The lowest BCUT2D eigenvalue weighted by atomic mass is 9.49. The highest BCUT2D eigenvalue weighted by Gasteiger charge is 2.52. The summed E-state index contributed by atoms with van der Waals surface area (Å²) in [6.07, 6.45) is 14.2. The zero-order chi connectivity index (χ0) is 89.5. The van der Waals surface area contributed by atoms with Crippen LogP contribution in [-0.4, -0.2) is 182 Å². The number of nitrogens with one attached hydrogen (secondary N) is 6. The maximum atomic E-state index is 14.2. The van der Waals surface area contributed by atoms with Gasteiger partial charge in [0.15, 0.2) is 17.9 Å². The number of carbonyl (C=O) groups is 6. The second kappa shape index (κ2) is 44.3. The van der Waals surface area contributed by atoms with Gasteiger partial charge in [-0.15, -0.1) is 0 Å². The summed E-state index contributed by atoms with van der Waals surface area (Å²) in [4.78, 5) is 100. The summed E-state index contributed by atoms with van der Waals surface area (Å²) in [6.45, 7) is 9.74. The molecule has 10 aromatic rings. The third kappa shape index (κ3) is 24.4. The molecule has 17 rings (SSSR count). The second-order valence-corrected chi connectivity index (χ2v) is 36.1. The summed E-state index contributed by atoms with van der Waals surface area (Å²) in [5.74, 6) is 2.74. The van der Waals surface area contributed by atoms with Gasteiger partial charge in [0.25, 0.3) is 17.7 Å². The molecule has 6 amide bonds. The van der Waals surface area contributed by atoms with Crippen LogP contribution in [0.3, 0.4) is 0 Å². The van der Waals surface area contributed by atoms with Crippen LogP contribution in [0.5, 0.6) is 0 Å². The van der Waals surface area contributed by atoms with E-state index in [4.69, 9.17) is 34.4 Å². The molecule has 7 fully saturated rings. The SMILES string of the molecule is C[C@@H](C(c1ccccc1)c1ccccc1)N1CC[C@@H](CNC(=O)c2ccc3ccccc3c2)N[C@@H](CCCN=C(N)N)C1=O.C[C@H](C(c1ccccc1)c1ccccc1)N1CC[C@@H](CNC(=O)c2ccc3ccccc3c2)N[C@@H](CCCN=C(N)N)C1=O.NC(N)=NCCC[C@@H]1N[C@H](CNC(=O)c2ccc3ccccc3c2)CCN(CC23CC4CC(CC(C4)C2)C3)C1=O. The van der Waals surface area contributed by atoms with Crippen LogP contribution >= 0.6 is 0 Å². The zero-order valence-corrected chi connectivity index (χ0v) is 74.0. The number of aliphatic imine (C=N–C) groups is 3. The molecule has 7 aliphatic rings. The zero-order valence-electron chi connectivity index (χ0n) is 74.0. The van der Waals surface area contributed by atoms with Gasteiger partial charge in [-0.1, -0.05) is 212 Å². The Morgan fingerprint density at radius 3 is 0.961 bits per heavy atom. The van der Waals surface area contributed by atoms with E-state index in [1.165, 1.54) is 60.8 Å². The summed E-state index contributed by atoms with van der Waals surface area (Å²) < 4.78 is 0. The normalized spacial score (nSPS) is 21.9. The van der Waals surface area contributed by atoms with E-state index >= 15 is 0 Å². The van der Waals surface area contributed by atoms with Crippen LogP contribution in [0.4, 0.5) is 0 Å². The average Bonchev–Trinajstić information content (AvgIpc) is 1.10. The number of hydrogen-bond donors (Lipinski definition) is 12. The summed E-state index contributed by atoms with van der Waals surface area (Å²) >= 11 is 0. The first kappa shape index (κ1) is 91.7. The first-order valence-electron chi connectivity index (χ1n) is 46.0. The topological polar surface area (TPSA) is 378 Å². The fourth-order valence-corrected chi connectivity index (χ4v) is 21.1. The van der Waals surface area contributed by atoms with E-state index in [1.54, 1.807) is 0 Å². The summed E-state index contributed by atoms with van der Waals surface area (Å²) in [5, 5.41) is 26.5. The number of hydrogen-bond acceptors (Lipinski definition) is 12. The lowest BCUT2D eigenvalue weighted by Gasteiger charge is -2.58. The number of nitrogens with two attached hydrogens (primary N) is 6. The van der Waals surface area contributed by atoms with Crippen LogP contribution in [-0.2, 0) is 14.4 Å². The molecule has 3 heterocycles. The fraction of sp³-hybridized carbons (Fsp3) is 0.394. The maximum absolute atomic E-state index is 14.2. The molecule has 0 spiro atoms. The molecule has 24 heteroatoms. The molecule has 10 aromatic carbocycles. The Bertz CT molecular complexity index is 5120. The van der Waals surface area contributed by atoms with Gasteiger partial charge >= 0.3 is 0 Å². The van der Waals surface area contributed by atoms with Gasteiger partial charge in [0.1, 0.15) is 0 Å². The van der Waals surface area contributed by atoms with Gasteiger partial charge in [-0.25, -0.2) is 0 Å². The Hall–Kier alpha value is -12.5. The second-order valence-electron chi connectivity index (χ2n) is 36.1. The van der Waals surface area contributed by atoms with Crippen LogP contribution in [0.15, 0.2) is 264 Å². The molecule has 8 atom stereocenters. The smallest absolute Gasteiger partial charge is 0.251 e. The van der Waals surface area contributed by atoms with Crippen molar-refractivity contribution in [2.75, 3.05) is 65.4 Å². The van der Waals surface area contributed by atoms with Crippen molar-refractivity contribution in [3.8, 4) is 0 Å². The molecule has 24 nitrogen and oxygen atoms in total. The molecule has 0 unspecified atom stereocenters. The molecule has 128 heavy (non-hydrogen) atoms. The van der Waals surface area contributed by atoms with Gasteiger partial charge in [-0.2, -0.15) is 0 Å². The quantitative estimate of drug-likeness (QED) is 0.0109. The van der Waals surface area contributed by atoms with Crippen molar-refractivity contribution in [1.29, 1.82) is 0 Å². The Balaban J connectivity index is 0.000000155. The number of guanidine groups is 3. The van der Waals surface area contributed by atoms with Gasteiger partial charge in [0.2, 0.25) is 17.7 Å². The van der Waals surface area contributed by atoms with E-state index in [9.17, 15) is 28.8 Å². The Morgan fingerprint density at radius 2 is 0.656 bits per heavy atom. The van der Waals surface area contributed by atoms with Gasteiger partial charge in [-0.3, -0.25) is 43.7 Å². The molecule has 4 bridgehead atoms. The Kier molecular flexibility index (Phi) is 31.7. The van der Waals surface area contributed by atoms with Crippen molar-refractivity contribution in [2.24, 2.45) is 72.5 Å². The first-order chi connectivity index (χ1) is 62.2. The number of fused-ring (bicyclic) bond motifs is 3. The molecule has 3 aliphatic heterocycles. The minimum atomic E-state index is -0.427. The number of benzene rings is 10. The number of carbonyl (C=O) groups excluding carboxylic acids is 6. The van der Waals surface area contributed by atoms with Crippen molar-refractivity contribution in [3.05, 3.63) is 288 Å². The Morgan fingerprint density at radius 1 is 0.375 bits per heavy atom. The van der Waals surface area contributed by atoms with Gasteiger partial charge in [0, 0.05) is 124 Å². The van der Waals surface area contributed by atoms with Crippen molar-refractivity contribution in [2.45, 2.75) is 170 Å². The van der Waals surface area contributed by atoms with Crippen molar-refractivity contribution < 1.29 is 28.8 Å². The fourth-order valence-electron chi connectivity index (χ4n) is 21.1. The molecule has 0 aromatic heterocycles. The van der Waals surface area contributed by atoms with E-state index in [0.717, 1.165) is 76.0 Å². The third-order valence-corrected chi connectivity index (χ3v) is 26.9. The van der Waals surface area contributed by atoms with Crippen LogP contribution < -0.4 is 66.3 Å². The summed E-state index contributed by atoms with van der Waals surface area (Å²) in [6, 6.07) is 81.3. The van der Waals surface area contributed by atoms with Crippen molar-refractivity contribution in [3.63, 3.8) is 0 Å². The highest BCUT2D eigenvalue weighted by atomic mass is 16.2. The molecule has 3 saturated heterocycles. The maximum Gasteiger partial charge on any atom is 0.251 e. The predicted octanol–water partition coefficient (Wildman–Crippen LogP) is 12.2. The van der Waals surface area contributed by atoms with Crippen molar-refractivity contribution >= 4 is 85.6 Å². The minimum Gasteiger partial charge on any atom is -0.370 e. The van der Waals surface area contributed by atoms with Crippen LogP contribution in [0, 0.1) is 23.2 Å². The highest BCUT2D eigenvalue weighted by molar-refractivity contribution is 6.01. The van der Waals surface area contributed by atoms with E-state index in [1.807, 2.05) is 210 Å².